The van der Waals surface area contributed by atoms with Crippen molar-refractivity contribution in [3.63, 3.8) is 0 Å². The Morgan fingerprint density at radius 1 is 1.00 bits per heavy atom. The fourth-order valence-electron chi connectivity index (χ4n) is 1.75. The second-order valence-corrected chi connectivity index (χ2v) is 4.30. The SMILES string of the molecule is CN(C)c1ccc(-c2ccc(C=O)c(F)c2)cc1. The largest absolute Gasteiger partial charge is 0.378 e. The third-order valence-electron chi connectivity index (χ3n) is 2.84. The molecule has 0 aromatic heterocycles. The zero-order valence-electron chi connectivity index (χ0n) is 10.4. The van der Waals surface area contributed by atoms with Crippen LogP contribution in [0.1, 0.15) is 10.4 Å². The van der Waals surface area contributed by atoms with Gasteiger partial charge in [0.05, 0.1) is 5.56 Å². The average Bonchev–Trinajstić information content (AvgIpc) is 2.38. The van der Waals surface area contributed by atoms with Gasteiger partial charge in [-0.05, 0) is 35.4 Å². The highest BCUT2D eigenvalue weighted by molar-refractivity contribution is 5.77. The molecule has 0 aliphatic rings. The van der Waals surface area contributed by atoms with E-state index < -0.39 is 5.82 Å². The van der Waals surface area contributed by atoms with Crippen LogP contribution in [0.3, 0.4) is 0 Å². The number of anilines is 1. The van der Waals surface area contributed by atoms with Crippen LogP contribution in [0.5, 0.6) is 0 Å². The Labute approximate surface area is 106 Å². The monoisotopic (exact) mass is 243 g/mol. The van der Waals surface area contributed by atoms with Crippen LogP contribution >= 0.6 is 0 Å². The summed E-state index contributed by atoms with van der Waals surface area (Å²) in [4.78, 5) is 12.5. The van der Waals surface area contributed by atoms with E-state index in [0.29, 0.717) is 6.29 Å². The highest BCUT2D eigenvalue weighted by Gasteiger charge is 2.04. The molecule has 18 heavy (non-hydrogen) atoms. The molecular weight excluding hydrogens is 229 g/mol. The zero-order chi connectivity index (χ0) is 13.1. The summed E-state index contributed by atoms with van der Waals surface area (Å²) in [5.41, 5.74) is 2.87. The first-order valence-electron chi connectivity index (χ1n) is 5.64. The maximum atomic E-state index is 13.5. The average molecular weight is 243 g/mol. The lowest BCUT2D eigenvalue weighted by molar-refractivity contribution is 0.112. The van der Waals surface area contributed by atoms with Gasteiger partial charge in [0.15, 0.2) is 6.29 Å². The molecule has 0 heterocycles. The van der Waals surface area contributed by atoms with Gasteiger partial charge in [-0.15, -0.1) is 0 Å². The molecule has 92 valence electrons. The molecule has 0 atom stereocenters. The van der Waals surface area contributed by atoms with Crippen molar-refractivity contribution in [1.29, 1.82) is 0 Å². The highest BCUT2D eigenvalue weighted by atomic mass is 19.1. The lowest BCUT2D eigenvalue weighted by atomic mass is 10.0. The molecule has 0 fully saturated rings. The molecule has 0 amide bonds. The molecule has 0 radical (unpaired) electrons. The summed E-state index contributed by atoms with van der Waals surface area (Å²) >= 11 is 0. The first-order chi connectivity index (χ1) is 8.61. The van der Waals surface area contributed by atoms with Crippen LogP contribution in [-0.4, -0.2) is 20.4 Å². The van der Waals surface area contributed by atoms with Gasteiger partial charge < -0.3 is 4.90 Å². The number of halogens is 1. The van der Waals surface area contributed by atoms with E-state index in [1.165, 1.54) is 12.1 Å². The van der Waals surface area contributed by atoms with Crippen molar-refractivity contribution in [1.82, 2.24) is 0 Å². The minimum absolute atomic E-state index is 0.0867. The summed E-state index contributed by atoms with van der Waals surface area (Å²) in [5, 5.41) is 0. The second-order valence-electron chi connectivity index (χ2n) is 4.30. The molecule has 2 rings (SSSR count). The standard InChI is InChI=1S/C15H14FNO/c1-17(2)14-7-5-11(6-8-14)12-3-4-13(10-18)15(16)9-12/h3-10H,1-2H3. The van der Waals surface area contributed by atoms with E-state index in [2.05, 4.69) is 0 Å². The Hall–Kier alpha value is -2.16. The predicted molar refractivity (Wildman–Crippen MR) is 71.6 cm³/mol. The molecule has 3 heteroatoms. The number of rotatable bonds is 3. The molecule has 0 spiro atoms. The Bertz CT molecular complexity index is 561. The van der Waals surface area contributed by atoms with Gasteiger partial charge in [-0.1, -0.05) is 18.2 Å². The second kappa shape index (κ2) is 5.00. The van der Waals surface area contributed by atoms with Crippen LogP contribution in [-0.2, 0) is 0 Å². The molecule has 0 aliphatic heterocycles. The maximum absolute atomic E-state index is 13.5. The minimum Gasteiger partial charge on any atom is -0.378 e. The molecule has 0 N–H and O–H groups in total. The Balaban J connectivity index is 2.36. The van der Waals surface area contributed by atoms with Crippen LogP contribution in [0.25, 0.3) is 11.1 Å². The molecular formula is C15H14FNO. The zero-order valence-corrected chi connectivity index (χ0v) is 10.4. The predicted octanol–water partition coefficient (Wildman–Crippen LogP) is 3.37. The van der Waals surface area contributed by atoms with E-state index >= 15 is 0 Å². The Morgan fingerprint density at radius 3 is 2.11 bits per heavy atom. The van der Waals surface area contributed by atoms with E-state index in [1.54, 1.807) is 6.07 Å². The lowest BCUT2D eigenvalue weighted by Crippen LogP contribution is -2.07. The van der Waals surface area contributed by atoms with E-state index in [-0.39, 0.29) is 5.56 Å². The first-order valence-corrected chi connectivity index (χ1v) is 5.64. The van der Waals surface area contributed by atoms with Crippen LogP contribution in [0, 0.1) is 5.82 Å². The smallest absolute Gasteiger partial charge is 0.152 e. The van der Waals surface area contributed by atoms with Crippen molar-refractivity contribution < 1.29 is 9.18 Å². The fraction of sp³-hybridized carbons (Fsp3) is 0.133. The van der Waals surface area contributed by atoms with E-state index in [9.17, 15) is 9.18 Å². The van der Waals surface area contributed by atoms with Crippen molar-refractivity contribution in [2.24, 2.45) is 0 Å². The summed E-state index contributed by atoms with van der Waals surface area (Å²) in [6.07, 6.45) is 0.522. The van der Waals surface area contributed by atoms with E-state index in [1.807, 2.05) is 43.3 Å². The van der Waals surface area contributed by atoms with Crippen LogP contribution < -0.4 is 4.90 Å². The molecule has 2 aromatic rings. The van der Waals surface area contributed by atoms with Gasteiger partial charge in [-0.2, -0.15) is 0 Å². The lowest BCUT2D eigenvalue weighted by Gasteiger charge is -2.12. The molecule has 0 aliphatic carbocycles. The van der Waals surface area contributed by atoms with Crippen molar-refractivity contribution >= 4 is 12.0 Å². The van der Waals surface area contributed by atoms with Gasteiger partial charge in [0.2, 0.25) is 0 Å². The number of carbonyl (C=O) groups is 1. The van der Waals surface area contributed by atoms with E-state index in [0.717, 1.165) is 16.8 Å². The summed E-state index contributed by atoms with van der Waals surface area (Å²) in [7, 11) is 3.93. The molecule has 2 nitrogen and oxygen atoms in total. The molecule has 0 saturated carbocycles. The normalized spacial score (nSPS) is 10.2. The molecule has 2 aromatic carbocycles. The number of nitrogens with zero attached hydrogens (tertiary/aromatic N) is 1. The van der Waals surface area contributed by atoms with Crippen molar-refractivity contribution in [3.8, 4) is 11.1 Å². The van der Waals surface area contributed by atoms with Crippen molar-refractivity contribution in [3.05, 3.63) is 53.8 Å². The van der Waals surface area contributed by atoms with Gasteiger partial charge in [-0.3, -0.25) is 4.79 Å². The third-order valence-corrected chi connectivity index (χ3v) is 2.84. The van der Waals surface area contributed by atoms with Gasteiger partial charge in [0.25, 0.3) is 0 Å². The van der Waals surface area contributed by atoms with E-state index in [4.69, 9.17) is 0 Å². The van der Waals surface area contributed by atoms with Crippen LogP contribution in [0.2, 0.25) is 0 Å². The number of aldehydes is 1. The molecule has 0 saturated heterocycles. The maximum Gasteiger partial charge on any atom is 0.152 e. The Morgan fingerprint density at radius 2 is 1.61 bits per heavy atom. The van der Waals surface area contributed by atoms with Crippen molar-refractivity contribution in [2.75, 3.05) is 19.0 Å². The Kier molecular flexibility index (Phi) is 3.42. The van der Waals surface area contributed by atoms with Gasteiger partial charge in [0.1, 0.15) is 5.82 Å². The number of hydrogen-bond acceptors (Lipinski definition) is 2. The van der Waals surface area contributed by atoms with Gasteiger partial charge in [-0.25, -0.2) is 4.39 Å². The number of benzene rings is 2. The van der Waals surface area contributed by atoms with Crippen LogP contribution in [0.4, 0.5) is 10.1 Å². The van der Waals surface area contributed by atoms with Crippen LogP contribution in [0.15, 0.2) is 42.5 Å². The summed E-state index contributed by atoms with van der Waals surface area (Å²) in [6.45, 7) is 0. The number of carbonyl (C=O) groups excluding carboxylic acids is 1. The van der Waals surface area contributed by atoms with Gasteiger partial charge in [0, 0.05) is 19.8 Å². The molecule has 0 unspecified atom stereocenters. The fourth-order valence-corrected chi connectivity index (χ4v) is 1.75. The summed E-state index contributed by atoms with van der Waals surface area (Å²) in [6, 6.07) is 12.4. The highest BCUT2D eigenvalue weighted by Crippen LogP contribution is 2.23. The topological polar surface area (TPSA) is 20.3 Å². The van der Waals surface area contributed by atoms with Gasteiger partial charge >= 0.3 is 0 Å². The first kappa shape index (κ1) is 12.3. The quantitative estimate of drug-likeness (QED) is 0.770. The number of hydrogen-bond donors (Lipinski definition) is 0. The molecule has 0 bridgehead atoms. The third kappa shape index (κ3) is 2.40. The minimum atomic E-state index is -0.487. The van der Waals surface area contributed by atoms with Crippen molar-refractivity contribution in [2.45, 2.75) is 0 Å². The summed E-state index contributed by atoms with van der Waals surface area (Å²) < 4.78 is 13.5. The summed E-state index contributed by atoms with van der Waals surface area (Å²) in [5.74, 6) is -0.487.